The number of nitrogens with zero attached hydrogens (tertiary/aromatic N) is 2. The van der Waals surface area contributed by atoms with Gasteiger partial charge in [-0.05, 0) is 41.6 Å². The van der Waals surface area contributed by atoms with Crippen LogP contribution in [0.1, 0.15) is 22.0 Å². The monoisotopic (exact) mass is 502 g/mol. The van der Waals surface area contributed by atoms with Crippen molar-refractivity contribution in [1.29, 1.82) is 0 Å². The van der Waals surface area contributed by atoms with Gasteiger partial charge in [0, 0.05) is 41.6 Å². The number of fused-ring (bicyclic) bond motifs is 1. The average Bonchev–Trinajstić information content (AvgIpc) is 3.60. The van der Waals surface area contributed by atoms with Gasteiger partial charge in [-0.1, -0.05) is 24.3 Å². The Hall–Kier alpha value is -4.04. The maximum absolute atomic E-state index is 13.3. The van der Waals surface area contributed by atoms with Crippen LogP contribution in [0.5, 0.6) is 11.5 Å². The molecule has 36 heavy (non-hydrogen) atoms. The lowest BCUT2D eigenvalue weighted by atomic mass is 9.99. The van der Waals surface area contributed by atoms with Gasteiger partial charge in [0.05, 0.1) is 31.4 Å². The first-order valence-electron chi connectivity index (χ1n) is 11.5. The summed E-state index contributed by atoms with van der Waals surface area (Å²) in [6.45, 7) is 0.331. The highest BCUT2D eigenvalue weighted by molar-refractivity contribution is 7.10. The molecule has 0 radical (unpaired) electrons. The van der Waals surface area contributed by atoms with E-state index in [-0.39, 0.29) is 11.3 Å². The molecule has 1 atom stereocenters. The Bertz CT molecular complexity index is 1490. The topological polar surface area (TPSA) is 81.0 Å². The van der Waals surface area contributed by atoms with Gasteiger partial charge >= 0.3 is 0 Å². The fourth-order valence-corrected chi connectivity index (χ4v) is 5.70. The summed E-state index contributed by atoms with van der Waals surface area (Å²) in [5.74, 6) is -0.698. The molecule has 1 amide bonds. The minimum absolute atomic E-state index is 0.0591. The molecule has 2 aromatic heterocycles. The molecule has 184 valence electrons. The number of aryl methyl sites for hydroxylation is 1. The summed E-state index contributed by atoms with van der Waals surface area (Å²) in [5, 5.41) is 14.4. The summed E-state index contributed by atoms with van der Waals surface area (Å²) in [6, 6.07) is 16.1. The molecule has 0 spiro atoms. The smallest absolute Gasteiger partial charge is 0.295 e. The predicted molar refractivity (Wildman–Crippen MR) is 139 cm³/mol. The fraction of sp³-hybridized carbons (Fsp3) is 0.214. The number of benzene rings is 2. The van der Waals surface area contributed by atoms with Crippen LogP contribution < -0.4 is 9.47 Å². The van der Waals surface area contributed by atoms with Crippen molar-refractivity contribution in [2.24, 2.45) is 7.05 Å². The average molecular weight is 503 g/mol. The summed E-state index contributed by atoms with van der Waals surface area (Å²) in [6.07, 6.45) is 2.63. The lowest BCUT2D eigenvalue weighted by molar-refractivity contribution is -0.139. The number of aliphatic hydroxyl groups is 1. The molecule has 4 aromatic rings. The van der Waals surface area contributed by atoms with Crippen molar-refractivity contribution in [3.63, 3.8) is 0 Å². The van der Waals surface area contributed by atoms with E-state index in [2.05, 4.69) is 22.9 Å². The molecular formula is C28H26N2O5S. The third-order valence-corrected chi connectivity index (χ3v) is 7.54. The number of aromatic nitrogens is 1. The van der Waals surface area contributed by atoms with E-state index in [0.717, 1.165) is 21.3 Å². The first-order valence-corrected chi connectivity index (χ1v) is 12.4. The second kappa shape index (κ2) is 9.54. The van der Waals surface area contributed by atoms with Gasteiger partial charge in [-0.2, -0.15) is 0 Å². The van der Waals surface area contributed by atoms with E-state index in [0.29, 0.717) is 30.0 Å². The van der Waals surface area contributed by atoms with Gasteiger partial charge in [-0.25, -0.2) is 0 Å². The molecule has 0 aliphatic carbocycles. The first kappa shape index (κ1) is 23.7. The minimum atomic E-state index is -0.707. The summed E-state index contributed by atoms with van der Waals surface area (Å²) >= 11 is 1.44. The number of Topliss-reactive ketones (excluding diaryl/α,β-unsaturated/α-hetero) is 1. The number of carbonyl (C=O) groups excluding carboxylic acids is 2. The Morgan fingerprint density at radius 1 is 1.06 bits per heavy atom. The van der Waals surface area contributed by atoms with Crippen LogP contribution in [0.25, 0.3) is 16.7 Å². The zero-order chi connectivity index (χ0) is 25.4. The van der Waals surface area contributed by atoms with E-state index in [4.69, 9.17) is 9.47 Å². The lowest BCUT2D eigenvalue weighted by Crippen LogP contribution is -2.31. The van der Waals surface area contributed by atoms with E-state index >= 15 is 0 Å². The number of hydrogen-bond donors (Lipinski definition) is 1. The standard InChI is InChI=1S/C28H26N2O5S/c1-29-16-17(19-7-4-5-8-21(19)29)12-13-30-25(23-9-6-14-36-23)24(27(32)28(30)33)26(31)20-11-10-18(34-2)15-22(20)35-3/h4-11,14-16,25,31H,12-13H2,1-3H3/b26-24-. The van der Waals surface area contributed by atoms with Crippen LogP contribution in [0.15, 0.2) is 71.7 Å². The number of carbonyl (C=O) groups is 2. The number of ether oxygens (including phenoxy) is 2. The zero-order valence-electron chi connectivity index (χ0n) is 20.2. The van der Waals surface area contributed by atoms with Crippen molar-refractivity contribution in [2.75, 3.05) is 20.8 Å². The fourth-order valence-electron chi connectivity index (χ4n) is 4.86. The Labute approximate surface area is 212 Å². The van der Waals surface area contributed by atoms with Crippen LogP contribution in [0.4, 0.5) is 0 Å². The Morgan fingerprint density at radius 2 is 1.86 bits per heavy atom. The number of ketones is 1. The number of thiophene rings is 1. The number of methoxy groups -OCH3 is 2. The van der Waals surface area contributed by atoms with Crippen molar-refractivity contribution >= 4 is 39.7 Å². The van der Waals surface area contributed by atoms with Crippen LogP contribution in [0.2, 0.25) is 0 Å². The zero-order valence-corrected chi connectivity index (χ0v) is 21.0. The third kappa shape index (κ3) is 3.93. The van der Waals surface area contributed by atoms with Crippen molar-refractivity contribution in [3.05, 3.63) is 87.8 Å². The van der Waals surface area contributed by atoms with Crippen molar-refractivity contribution in [3.8, 4) is 11.5 Å². The second-order valence-electron chi connectivity index (χ2n) is 8.61. The SMILES string of the molecule is COc1ccc(/C(O)=C2/C(=O)C(=O)N(CCc3cn(C)c4ccccc34)C2c2cccs2)c(OC)c1. The third-order valence-electron chi connectivity index (χ3n) is 6.62. The summed E-state index contributed by atoms with van der Waals surface area (Å²) in [4.78, 5) is 29.0. The molecule has 0 saturated carbocycles. The van der Waals surface area contributed by atoms with Gasteiger partial charge in [-0.3, -0.25) is 9.59 Å². The molecule has 8 heteroatoms. The number of likely N-dealkylation sites (tertiary alicyclic amines) is 1. The van der Waals surface area contributed by atoms with E-state index in [1.807, 2.05) is 36.7 Å². The number of amides is 1. The maximum atomic E-state index is 13.3. The maximum Gasteiger partial charge on any atom is 0.295 e. The van der Waals surface area contributed by atoms with E-state index < -0.39 is 17.7 Å². The predicted octanol–water partition coefficient (Wildman–Crippen LogP) is 4.92. The Morgan fingerprint density at radius 3 is 2.58 bits per heavy atom. The van der Waals surface area contributed by atoms with Gasteiger partial charge < -0.3 is 24.0 Å². The summed E-state index contributed by atoms with van der Waals surface area (Å²) in [7, 11) is 5.00. The Balaban J connectivity index is 1.56. The van der Waals surface area contributed by atoms with Crippen molar-refractivity contribution < 1.29 is 24.2 Å². The highest BCUT2D eigenvalue weighted by Crippen LogP contribution is 2.43. The molecule has 1 N–H and O–H groups in total. The molecule has 1 saturated heterocycles. The highest BCUT2D eigenvalue weighted by atomic mass is 32.1. The molecule has 5 rings (SSSR count). The van der Waals surface area contributed by atoms with Gasteiger partial charge in [0.2, 0.25) is 0 Å². The molecule has 0 bridgehead atoms. The molecule has 1 fully saturated rings. The highest BCUT2D eigenvalue weighted by Gasteiger charge is 2.46. The van der Waals surface area contributed by atoms with Crippen molar-refractivity contribution in [1.82, 2.24) is 9.47 Å². The molecule has 1 aliphatic rings. The van der Waals surface area contributed by atoms with Gasteiger partial charge in [0.25, 0.3) is 11.7 Å². The molecular weight excluding hydrogens is 476 g/mol. The summed E-state index contributed by atoms with van der Waals surface area (Å²) < 4.78 is 12.8. The van der Waals surface area contributed by atoms with Crippen LogP contribution in [0, 0.1) is 0 Å². The van der Waals surface area contributed by atoms with E-state index in [9.17, 15) is 14.7 Å². The molecule has 7 nitrogen and oxygen atoms in total. The van der Waals surface area contributed by atoms with Gasteiger partial charge in [-0.15, -0.1) is 11.3 Å². The Kier molecular flexibility index (Phi) is 6.28. The second-order valence-corrected chi connectivity index (χ2v) is 9.59. The van der Waals surface area contributed by atoms with Crippen molar-refractivity contribution in [2.45, 2.75) is 12.5 Å². The van der Waals surface area contributed by atoms with Crippen LogP contribution >= 0.6 is 11.3 Å². The van der Waals surface area contributed by atoms with Crippen LogP contribution in [0.3, 0.4) is 0 Å². The largest absolute Gasteiger partial charge is 0.507 e. The van der Waals surface area contributed by atoms with Gasteiger partial charge in [0.1, 0.15) is 17.3 Å². The van der Waals surface area contributed by atoms with E-state index in [1.54, 1.807) is 23.1 Å². The van der Waals surface area contributed by atoms with Crippen LogP contribution in [-0.4, -0.2) is 47.0 Å². The lowest BCUT2D eigenvalue weighted by Gasteiger charge is -2.24. The van der Waals surface area contributed by atoms with E-state index in [1.165, 1.54) is 25.6 Å². The molecule has 2 aromatic carbocycles. The molecule has 3 heterocycles. The quantitative estimate of drug-likeness (QED) is 0.220. The number of para-hydroxylation sites is 1. The molecule has 1 unspecified atom stereocenters. The normalized spacial score (nSPS) is 17.2. The number of hydrogen-bond acceptors (Lipinski definition) is 6. The number of rotatable bonds is 7. The summed E-state index contributed by atoms with van der Waals surface area (Å²) in [5.41, 5.74) is 2.59. The van der Waals surface area contributed by atoms with Crippen LogP contribution in [-0.2, 0) is 23.1 Å². The number of aliphatic hydroxyl groups excluding tert-OH is 1. The van der Waals surface area contributed by atoms with Gasteiger partial charge in [0.15, 0.2) is 0 Å². The molecule has 1 aliphatic heterocycles. The first-order chi connectivity index (χ1) is 17.4. The minimum Gasteiger partial charge on any atom is -0.507 e.